The number of benzene rings is 2. The summed E-state index contributed by atoms with van der Waals surface area (Å²) >= 11 is 3.45. The topological polar surface area (TPSA) is 100 Å². The third kappa shape index (κ3) is 4.62. The highest BCUT2D eigenvalue weighted by Crippen LogP contribution is 2.37. The Hall–Kier alpha value is -3.20. The Morgan fingerprint density at radius 3 is 2.66 bits per heavy atom. The molecule has 1 aliphatic heterocycles. The van der Waals surface area contributed by atoms with Crippen molar-refractivity contribution >= 4 is 39.6 Å². The summed E-state index contributed by atoms with van der Waals surface area (Å²) in [5, 5.41) is 10.9. The molecule has 1 aliphatic rings. The molecule has 2 aromatic carbocycles. The normalized spacial score (nSPS) is 14.5. The second-order valence-electron chi connectivity index (χ2n) is 5.84. The molecule has 9 heteroatoms. The molecule has 29 heavy (non-hydrogen) atoms. The number of carbonyl (C=O) groups is 1. The number of esters is 1. The predicted molar refractivity (Wildman–Crippen MR) is 110 cm³/mol. The number of nitro groups is 1. The first-order chi connectivity index (χ1) is 13.9. The molecule has 0 bridgehead atoms. The Morgan fingerprint density at radius 2 is 1.97 bits per heavy atom. The number of ether oxygens (including phenoxy) is 3. The van der Waals surface area contributed by atoms with Gasteiger partial charge in [0.25, 0.3) is 5.69 Å². The van der Waals surface area contributed by atoms with E-state index in [9.17, 15) is 14.9 Å². The standard InChI is InChI=1S/C20H17BrN2O6/c1-3-27-17-10-12(8-15(21)18(17)28-4-2)9-16-20(24)29-19(22-16)13-6-5-7-14(11-13)23(25)26/h5-11H,3-4H2,1-2H3/b16-9-. The van der Waals surface area contributed by atoms with Crippen LogP contribution < -0.4 is 9.47 Å². The Kier molecular flexibility index (Phi) is 6.28. The molecular weight excluding hydrogens is 444 g/mol. The first kappa shape index (κ1) is 20.5. The maximum Gasteiger partial charge on any atom is 0.363 e. The SMILES string of the molecule is CCOc1cc(/C=C2\N=C(c3cccc([N+](=O)[O-])c3)OC2=O)cc(Br)c1OCC. The van der Waals surface area contributed by atoms with Crippen molar-refractivity contribution in [3.05, 3.63) is 67.8 Å². The van der Waals surface area contributed by atoms with Gasteiger partial charge in [-0.3, -0.25) is 10.1 Å². The van der Waals surface area contributed by atoms with E-state index in [-0.39, 0.29) is 17.3 Å². The van der Waals surface area contributed by atoms with Gasteiger partial charge < -0.3 is 14.2 Å². The molecule has 0 fully saturated rings. The zero-order chi connectivity index (χ0) is 21.0. The van der Waals surface area contributed by atoms with Gasteiger partial charge in [-0.1, -0.05) is 6.07 Å². The monoisotopic (exact) mass is 460 g/mol. The van der Waals surface area contributed by atoms with Gasteiger partial charge in [0.2, 0.25) is 5.90 Å². The zero-order valence-electron chi connectivity index (χ0n) is 15.7. The van der Waals surface area contributed by atoms with E-state index in [4.69, 9.17) is 14.2 Å². The van der Waals surface area contributed by atoms with Crippen LogP contribution in [-0.2, 0) is 9.53 Å². The summed E-state index contributed by atoms with van der Waals surface area (Å²) in [6.45, 7) is 4.65. The molecule has 3 rings (SSSR count). The number of halogens is 1. The summed E-state index contributed by atoms with van der Waals surface area (Å²) in [6.07, 6.45) is 1.55. The predicted octanol–water partition coefficient (Wildman–Crippen LogP) is 4.50. The molecule has 1 heterocycles. The van der Waals surface area contributed by atoms with Gasteiger partial charge in [0, 0.05) is 17.7 Å². The van der Waals surface area contributed by atoms with E-state index in [2.05, 4.69) is 20.9 Å². The van der Waals surface area contributed by atoms with Gasteiger partial charge in [0.1, 0.15) is 0 Å². The van der Waals surface area contributed by atoms with Crippen molar-refractivity contribution in [1.29, 1.82) is 0 Å². The van der Waals surface area contributed by atoms with Crippen molar-refractivity contribution in [2.45, 2.75) is 13.8 Å². The molecular formula is C20H17BrN2O6. The lowest BCUT2D eigenvalue weighted by Crippen LogP contribution is -2.05. The summed E-state index contributed by atoms with van der Waals surface area (Å²) in [6, 6.07) is 9.25. The Balaban J connectivity index is 1.97. The maximum atomic E-state index is 12.2. The molecule has 0 saturated carbocycles. The van der Waals surface area contributed by atoms with Crippen molar-refractivity contribution in [2.75, 3.05) is 13.2 Å². The van der Waals surface area contributed by atoms with E-state index in [0.717, 1.165) is 0 Å². The summed E-state index contributed by atoms with van der Waals surface area (Å²) in [7, 11) is 0. The minimum absolute atomic E-state index is 0.0139. The highest BCUT2D eigenvalue weighted by Gasteiger charge is 2.25. The van der Waals surface area contributed by atoms with Crippen molar-refractivity contribution in [3.8, 4) is 11.5 Å². The van der Waals surface area contributed by atoms with Gasteiger partial charge in [-0.15, -0.1) is 0 Å². The molecule has 8 nitrogen and oxygen atoms in total. The van der Waals surface area contributed by atoms with Crippen LogP contribution in [0.5, 0.6) is 11.5 Å². The average Bonchev–Trinajstić information content (AvgIpc) is 3.05. The van der Waals surface area contributed by atoms with Gasteiger partial charge in [-0.05, 0) is 59.6 Å². The fourth-order valence-corrected chi connectivity index (χ4v) is 3.24. The Labute approximate surface area is 175 Å². The molecule has 0 aromatic heterocycles. The summed E-state index contributed by atoms with van der Waals surface area (Å²) < 4.78 is 17.1. The second kappa shape index (κ2) is 8.87. The highest BCUT2D eigenvalue weighted by molar-refractivity contribution is 9.10. The van der Waals surface area contributed by atoms with Crippen molar-refractivity contribution < 1.29 is 23.9 Å². The largest absolute Gasteiger partial charge is 0.490 e. The minimum atomic E-state index is -0.644. The molecule has 0 amide bonds. The number of rotatable bonds is 7. The number of non-ortho nitro benzene ring substituents is 1. The molecule has 0 spiro atoms. The van der Waals surface area contributed by atoms with Crippen LogP contribution in [0.1, 0.15) is 25.0 Å². The van der Waals surface area contributed by atoms with Crippen LogP contribution in [0.3, 0.4) is 0 Å². The Morgan fingerprint density at radius 1 is 1.21 bits per heavy atom. The number of cyclic esters (lactones) is 1. The van der Waals surface area contributed by atoms with Gasteiger partial charge >= 0.3 is 5.97 Å². The maximum absolute atomic E-state index is 12.2. The second-order valence-corrected chi connectivity index (χ2v) is 6.69. The van der Waals surface area contributed by atoms with Gasteiger partial charge in [0.05, 0.1) is 22.6 Å². The van der Waals surface area contributed by atoms with Crippen LogP contribution in [0.2, 0.25) is 0 Å². The molecule has 150 valence electrons. The summed E-state index contributed by atoms with van der Waals surface area (Å²) in [4.78, 5) is 26.9. The van der Waals surface area contributed by atoms with Gasteiger partial charge in [-0.2, -0.15) is 0 Å². The smallest absolute Gasteiger partial charge is 0.363 e. The minimum Gasteiger partial charge on any atom is -0.490 e. The van der Waals surface area contributed by atoms with E-state index in [1.165, 1.54) is 18.2 Å². The van der Waals surface area contributed by atoms with Gasteiger partial charge in [0.15, 0.2) is 17.2 Å². The molecule has 0 atom stereocenters. The fraction of sp³-hybridized carbons (Fsp3) is 0.200. The number of nitrogens with zero attached hydrogens (tertiary/aromatic N) is 2. The Bertz CT molecular complexity index is 1030. The third-order valence-corrected chi connectivity index (χ3v) is 4.44. The van der Waals surface area contributed by atoms with Crippen LogP contribution in [-0.4, -0.2) is 30.0 Å². The van der Waals surface area contributed by atoms with E-state index in [1.807, 2.05) is 13.8 Å². The first-order valence-electron chi connectivity index (χ1n) is 8.79. The molecule has 0 saturated heterocycles. The zero-order valence-corrected chi connectivity index (χ0v) is 17.3. The van der Waals surface area contributed by atoms with Crippen molar-refractivity contribution in [1.82, 2.24) is 0 Å². The summed E-state index contributed by atoms with van der Waals surface area (Å²) in [5.41, 5.74) is 0.957. The van der Waals surface area contributed by atoms with E-state index in [1.54, 1.807) is 24.3 Å². The molecule has 2 aromatic rings. The number of aliphatic imine (C=N–C) groups is 1. The van der Waals surface area contributed by atoms with Crippen molar-refractivity contribution in [2.24, 2.45) is 4.99 Å². The average molecular weight is 461 g/mol. The first-order valence-corrected chi connectivity index (χ1v) is 9.58. The van der Waals surface area contributed by atoms with E-state index >= 15 is 0 Å². The fourth-order valence-electron chi connectivity index (χ4n) is 2.66. The highest BCUT2D eigenvalue weighted by atomic mass is 79.9. The molecule has 0 unspecified atom stereocenters. The quantitative estimate of drug-likeness (QED) is 0.261. The number of nitro benzene ring substituents is 1. The lowest BCUT2D eigenvalue weighted by molar-refractivity contribution is -0.384. The molecule has 0 N–H and O–H groups in total. The third-order valence-electron chi connectivity index (χ3n) is 3.85. The lowest BCUT2D eigenvalue weighted by atomic mass is 10.1. The molecule has 0 aliphatic carbocycles. The van der Waals surface area contributed by atoms with E-state index < -0.39 is 10.9 Å². The van der Waals surface area contributed by atoms with Crippen molar-refractivity contribution in [3.63, 3.8) is 0 Å². The van der Waals surface area contributed by atoms with Crippen LogP contribution in [0.4, 0.5) is 5.69 Å². The number of hydrogen-bond donors (Lipinski definition) is 0. The van der Waals surface area contributed by atoms with Gasteiger partial charge in [-0.25, -0.2) is 9.79 Å². The van der Waals surface area contributed by atoms with Crippen LogP contribution >= 0.6 is 15.9 Å². The van der Waals surface area contributed by atoms with Crippen LogP contribution in [0.25, 0.3) is 6.08 Å². The number of carbonyl (C=O) groups excluding carboxylic acids is 1. The number of hydrogen-bond acceptors (Lipinski definition) is 7. The van der Waals surface area contributed by atoms with Crippen LogP contribution in [0.15, 0.2) is 51.6 Å². The van der Waals surface area contributed by atoms with Crippen LogP contribution in [0, 0.1) is 10.1 Å². The lowest BCUT2D eigenvalue weighted by Gasteiger charge is -2.13. The van der Waals surface area contributed by atoms with E-state index in [0.29, 0.717) is 40.3 Å². The summed E-state index contributed by atoms with van der Waals surface area (Å²) in [5.74, 6) is 0.477. The molecule has 0 radical (unpaired) electrons.